The summed E-state index contributed by atoms with van der Waals surface area (Å²) in [6, 6.07) is 17.8. The van der Waals surface area contributed by atoms with Gasteiger partial charge in [0.15, 0.2) is 0 Å². The number of nitrogens with two attached hydrogens (primary N) is 1. The number of carbonyl (C=O) groups excluding carboxylic acids is 1. The molecule has 0 atom stereocenters. The van der Waals surface area contributed by atoms with E-state index in [0.29, 0.717) is 22.7 Å². The molecule has 2 heterocycles. The molecule has 1 amide bonds. The van der Waals surface area contributed by atoms with Crippen LogP contribution in [0.2, 0.25) is 0 Å². The molecule has 0 saturated carbocycles. The van der Waals surface area contributed by atoms with Crippen molar-refractivity contribution in [1.29, 1.82) is 0 Å². The molecular weight excluding hydrogens is 352 g/mol. The van der Waals surface area contributed by atoms with Gasteiger partial charge < -0.3 is 16.0 Å². The number of fused-ring (bicyclic) bond motifs is 1. The van der Waals surface area contributed by atoms with Crippen LogP contribution in [0.25, 0.3) is 10.8 Å². The maximum atomic E-state index is 12.9. The molecule has 0 aliphatic heterocycles. The minimum atomic E-state index is -0.695. The molecule has 2 N–H and O–H groups in total. The minimum Gasteiger partial charge on any atom is -0.750 e. The SMILES string of the molecule is Nc1cccc(C(=O)N([O-])c2cc3ccccc3cn2)c1Cc1ccncc1. The van der Waals surface area contributed by atoms with Gasteiger partial charge in [-0.15, -0.1) is 0 Å². The average Bonchev–Trinajstić information content (AvgIpc) is 2.74. The summed E-state index contributed by atoms with van der Waals surface area (Å²) in [6.45, 7) is 0. The maximum absolute atomic E-state index is 12.9. The van der Waals surface area contributed by atoms with Crippen LogP contribution in [0.4, 0.5) is 11.5 Å². The Morgan fingerprint density at radius 1 is 1.00 bits per heavy atom. The lowest BCUT2D eigenvalue weighted by molar-refractivity contribution is 0.0996. The number of anilines is 2. The summed E-state index contributed by atoms with van der Waals surface area (Å²) in [5, 5.41) is 14.8. The van der Waals surface area contributed by atoms with Gasteiger partial charge in [-0.05, 0) is 46.8 Å². The van der Waals surface area contributed by atoms with Crippen LogP contribution in [-0.2, 0) is 6.42 Å². The molecule has 2 aromatic carbocycles. The summed E-state index contributed by atoms with van der Waals surface area (Å²) >= 11 is 0. The van der Waals surface area contributed by atoms with E-state index in [4.69, 9.17) is 5.73 Å². The third-order valence-electron chi connectivity index (χ3n) is 4.58. The Hall–Kier alpha value is -3.77. The first-order chi connectivity index (χ1) is 13.6. The Bertz CT molecular complexity index is 1150. The lowest BCUT2D eigenvalue weighted by Gasteiger charge is -2.28. The zero-order valence-electron chi connectivity index (χ0n) is 14.9. The van der Waals surface area contributed by atoms with Gasteiger partial charge in [0.1, 0.15) is 5.82 Å². The van der Waals surface area contributed by atoms with E-state index in [1.807, 2.05) is 36.4 Å². The number of carbonyl (C=O) groups is 1. The van der Waals surface area contributed by atoms with E-state index in [9.17, 15) is 10.0 Å². The van der Waals surface area contributed by atoms with Gasteiger partial charge in [0.2, 0.25) is 5.91 Å². The monoisotopic (exact) mass is 369 g/mol. The Morgan fingerprint density at radius 3 is 2.54 bits per heavy atom. The van der Waals surface area contributed by atoms with Crippen molar-refractivity contribution in [2.75, 3.05) is 10.8 Å². The highest BCUT2D eigenvalue weighted by Gasteiger charge is 2.17. The molecule has 0 spiro atoms. The van der Waals surface area contributed by atoms with E-state index in [0.717, 1.165) is 16.3 Å². The van der Waals surface area contributed by atoms with Crippen molar-refractivity contribution in [2.24, 2.45) is 0 Å². The zero-order chi connectivity index (χ0) is 19.5. The second-order valence-electron chi connectivity index (χ2n) is 6.39. The summed E-state index contributed by atoms with van der Waals surface area (Å²) in [7, 11) is 0. The van der Waals surface area contributed by atoms with Gasteiger partial charge in [-0.2, -0.15) is 0 Å². The Balaban J connectivity index is 1.69. The number of hydrogen-bond donors (Lipinski definition) is 1. The molecule has 0 radical (unpaired) electrons. The van der Waals surface area contributed by atoms with Crippen molar-refractivity contribution in [3.05, 3.63) is 101 Å². The minimum absolute atomic E-state index is 0.0426. The molecule has 0 unspecified atom stereocenters. The first-order valence-corrected chi connectivity index (χ1v) is 8.76. The van der Waals surface area contributed by atoms with Crippen molar-refractivity contribution >= 4 is 28.2 Å². The number of aromatic nitrogens is 2. The number of hydrogen-bond acceptors (Lipinski definition) is 5. The smallest absolute Gasteiger partial charge is 0.249 e. The van der Waals surface area contributed by atoms with Gasteiger partial charge in [0.25, 0.3) is 0 Å². The fourth-order valence-electron chi connectivity index (χ4n) is 3.10. The fraction of sp³-hybridized carbons (Fsp3) is 0.0455. The van der Waals surface area contributed by atoms with Crippen LogP contribution >= 0.6 is 0 Å². The molecule has 6 nitrogen and oxygen atoms in total. The highest BCUT2D eigenvalue weighted by atomic mass is 16.5. The highest BCUT2D eigenvalue weighted by Crippen LogP contribution is 2.25. The second-order valence-corrected chi connectivity index (χ2v) is 6.39. The van der Waals surface area contributed by atoms with Crippen molar-refractivity contribution in [3.63, 3.8) is 0 Å². The molecule has 0 bridgehead atoms. The molecule has 0 fully saturated rings. The number of rotatable bonds is 4. The Kier molecular flexibility index (Phi) is 4.70. The average molecular weight is 369 g/mol. The quantitative estimate of drug-likeness (QED) is 0.434. The van der Waals surface area contributed by atoms with E-state index in [-0.39, 0.29) is 11.4 Å². The topological polar surface area (TPSA) is 95.2 Å². The van der Waals surface area contributed by atoms with Crippen LogP contribution < -0.4 is 10.8 Å². The fourth-order valence-corrected chi connectivity index (χ4v) is 3.10. The van der Waals surface area contributed by atoms with Crippen LogP contribution in [0.15, 0.2) is 79.3 Å². The Labute approximate surface area is 161 Å². The molecule has 0 aliphatic rings. The number of hydroxylamine groups is 1. The normalized spacial score (nSPS) is 10.8. The van der Waals surface area contributed by atoms with E-state index in [1.54, 1.807) is 42.9 Å². The lowest BCUT2D eigenvalue weighted by atomic mass is 9.98. The van der Waals surface area contributed by atoms with Crippen LogP contribution in [-0.4, -0.2) is 15.9 Å². The summed E-state index contributed by atoms with van der Waals surface area (Å²) < 4.78 is 0. The molecule has 4 rings (SSSR count). The summed E-state index contributed by atoms with van der Waals surface area (Å²) in [4.78, 5) is 21.1. The number of benzene rings is 2. The van der Waals surface area contributed by atoms with E-state index < -0.39 is 5.91 Å². The predicted molar refractivity (Wildman–Crippen MR) is 110 cm³/mol. The van der Waals surface area contributed by atoms with Crippen LogP contribution in [0.1, 0.15) is 21.5 Å². The van der Waals surface area contributed by atoms with Gasteiger partial charge in [-0.25, -0.2) is 4.98 Å². The summed E-state index contributed by atoms with van der Waals surface area (Å²) in [5.74, 6) is -0.653. The van der Waals surface area contributed by atoms with Crippen LogP contribution in [0, 0.1) is 5.21 Å². The maximum Gasteiger partial charge on any atom is 0.249 e. The standard InChI is InChI=1S/C22H17N4O2/c23-20-7-3-6-18(19(20)12-15-8-10-24-11-9-15)22(27)26(28)21-13-16-4-1-2-5-17(16)14-25-21/h1-11,13-14H,12,23H2/q-1. The number of pyridine rings is 2. The number of nitrogen functional groups attached to an aromatic ring is 1. The molecular formula is C22H17N4O2-. The summed E-state index contributed by atoms with van der Waals surface area (Å²) in [5.41, 5.74) is 8.40. The van der Waals surface area contributed by atoms with Crippen LogP contribution in [0.5, 0.6) is 0 Å². The molecule has 0 saturated heterocycles. The molecule has 138 valence electrons. The van der Waals surface area contributed by atoms with Crippen LogP contribution in [0.3, 0.4) is 0 Å². The molecule has 28 heavy (non-hydrogen) atoms. The number of nitrogens with zero attached hydrogens (tertiary/aromatic N) is 3. The zero-order valence-corrected chi connectivity index (χ0v) is 14.9. The second kappa shape index (κ2) is 7.46. The first-order valence-electron chi connectivity index (χ1n) is 8.76. The molecule has 0 aliphatic carbocycles. The molecule has 6 heteroatoms. The van der Waals surface area contributed by atoms with Crippen molar-refractivity contribution < 1.29 is 4.79 Å². The predicted octanol–water partition coefficient (Wildman–Crippen LogP) is 3.95. The third kappa shape index (κ3) is 3.41. The van der Waals surface area contributed by atoms with Gasteiger partial charge in [0, 0.05) is 41.6 Å². The lowest BCUT2D eigenvalue weighted by Crippen LogP contribution is -2.26. The van der Waals surface area contributed by atoms with Crippen molar-refractivity contribution in [1.82, 2.24) is 9.97 Å². The van der Waals surface area contributed by atoms with Gasteiger partial charge in [-0.1, -0.05) is 30.3 Å². The van der Waals surface area contributed by atoms with Crippen molar-refractivity contribution in [2.45, 2.75) is 6.42 Å². The first kappa shape index (κ1) is 17.6. The highest BCUT2D eigenvalue weighted by molar-refractivity contribution is 6.08. The van der Waals surface area contributed by atoms with Gasteiger partial charge >= 0.3 is 0 Å². The van der Waals surface area contributed by atoms with E-state index >= 15 is 0 Å². The Morgan fingerprint density at radius 2 is 1.75 bits per heavy atom. The number of amides is 1. The van der Waals surface area contributed by atoms with Crippen molar-refractivity contribution in [3.8, 4) is 0 Å². The summed E-state index contributed by atoms with van der Waals surface area (Å²) in [6.07, 6.45) is 5.36. The molecule has 2 aromatic heterocycles. The largest absolute Gasteiger partial charge is 0.750 e. The molecule has 4 aromatic rings. The third-order valence-corrected chi connectivity index (χ3v) is 4.58. The van der Waals surface area contributed by atoms with E-state index in [1.165, 1.54) is 0 Å². The van der Waals surface area contributed by atoms with Gasteiger partial charge in [0.05, 0.1) is 0 Å². The van der Waals surface area contributed by atoms with E-state index in [2.05, 4.69) is 9.97 Å². The van der Waals surface area contributed by atoms with Gasteiger partial charge in [-0.3, -0.25) is 9.78 Å².